The number of carbonyl (C=O) groups excluding carboxylic acids is 1. The van der Waals surface area contributed by atoms with Gasteiger partial charge in [0, 0.05) is 17.7 Å². The van der Waals surface area contributed by atoms with Crippen LogP contribution in [0.2, 0.25) is 0 Å². The molecular formula is C19H15F3N2O3. The molecule has 0 bridgehead atoms. The van der Waals surface area contributed by atoms with Gasteiger partial charge in [-0.2, -0.15) is 13.2 Å². The number of amides is 1. The molecule has 4 rings (SSSR count). The predicted molar refractivity (Wildman–Crippen MR) is 91.1 cm³/mol. The molecule has 0 spiro atoms. The minimum absolute atomic E-state index is 0.00628. The molecule has 1 N–H and O–H groups in total. The van der Waals surface area contributed by atoms with Crippen molar-refractivity contribution in [1.29, 1.82) is 0 Å². The summed E-state index contributed by atoms with van der Waals surface area (Å²) >= 11 is 0. The van der Waals surface area contributed by atoms with E-state index in [1.807, 2.05) is 0 Å². The highest BCUT2D eigenvalue weighted by Gasteiger charge is 2.30. The molecule has 1 fully saturated rings. The lowest BCUT2D eigenvalue weighted by atomic mass is 10.1. The van der Waals surface area contributed by atoms with Gasteiger partial charge in [-0.25, -0.2) is 4.98 Å². The number of carbonyl (C=O) groups is 1. The maximum atomic E-state index is 12.7. The molecule has 5 nitrogen and oxygen atoms in total. The highest BCUT2D eigenvalue weighted by atomic mass is 19.4. The fraction of sp³-hybridized carbons (Fsp3) is 0.263. The van der Waals surface area contributed by atoms with Gasteiger partial charge in [0.2, 0.25) is 5.89 Å². The van der Waals surface area contributed by atoms with Crippen molar-refractivity contribution < 1.29 is 27.1 Å². The normalized spacial score (nSPS) is 17.4. The smallest absolute Gasteiger partial charge is 0.416 e. The first-order valence-electron chi connectivity index (χ1n) is 8.37. The van der Waals surface area contributed by atoms with Crippen molar-refractivity contribution in [2.24, 2.45) is 0 Å². The van der Waals surface area contributed by atoms with Crippen LogP contribution in [0.4, 0.5) is 13.2 Å². The zero-order valence-electron chi connectivity index (χ0n) is 14.0. The molecule has 1 saturated heterocycles. The topological polar surface area (TPSA) is 64.4 Å². The van der Waals surface area contributed by atoms with E-state index in [4.69, 9.17) is 9.15 Å². The molecule has 1 amide bonds. The third kappa shape index (κ3) is 3.66. The lowest BCUT2D eigenvalue weighted by Gasteiger charge is -2.10. The molecule has 0 aliphatic carbocycles. The summed E-state index contributed by atoms with van der Waals surface area (Å²) in [5, 5.41) is 2.89. The third-order valence-corrected chi connectivity index (χ3v) is 4.37. The second kappa shape index (κ2) is 6.70. The van der Waals surface area contributed by atoms with Crippen LogP contribution in [0.25, 0.3) is 22.6 Å². The maximum Gasteiger partial charge on any atom is 0.416 e. The molecule has 2 aromatic carbocycles. The minimum atomic E-state index is -4.40. The molecule has 1 aliphatic heterocycles. The van der Waals surface area contributed by atoms with E-state index in [0.717, 1.165) is 18.6 Å². The predicted octanol–water partition coefficient (Wildman–Crippen LogP) is 4.03. The number of halogens is 3. The maximum absolute atomic E-state index is 12.7. The SMILES string of the molecule is O=C(N[C@@H]1CCOC1)c1ccc2oc(-c3ccc(C(F)(F)F)cc3)nc2c1. The van der Waals surface area contributed by atoms with Gasteiger partial charge in [-0.3, -0.25) is 4.79 Å². The molecule has 0 unspecified atom stereocenters. The number of alkyl halides is 3. The first-order chi connectivity index (χ1) is 12.9. The number of nitrogens with one attached hydrogen (secondary N) is 1. The van der Waals surface area contributed by atoms with Crippen LogP contribution >= 0.6 is 0 Å². The Balaban J connectivity index is 1.58. The van der Waals surface area contributed by atoms with Crippen LogP contribution in [-0.4, -0.2) is 30.1 Å². The van der Waals surface area contributed by atoms with Crippen molar-refractivity contribution in [3.8, 4) is 11.5 Å². The van der Waals surface area contributed by atoms with Gasteiger partial charge in [0.1, 0.15) is 5.52 Å². The number of rotatable bonds is 3. The molecule has 2 heterocycles. The van der Waals surface area contributed by atoms with Crippen LogP contribution in [0.5, 0.6) is 0 Å². The van der Waals surface area contributed by atoms with Crippen LogP contribution < -0.4 is 5.32 Å². The van der Waals surface area contributed by atoms with E-state index in [-0.39, 0.29) is 17.8 Å². The van der Waals surface area contributed by atoms with Gasteiger partial charge in [0.15, 0.2) is 5.58 Å². The Morgan fingerprint density at radius 3 is 2.59 bits per heavy atom. The summed E-state index contributed by atoms with van der Waals surface area (Å²) in [4.78, 5) is 16.6. The Labute approximate surface area is 152 Å². The average molecular weight is 376 g/mol. The van der Waals surface area contributed by atoms with E-state index in [1.54, 1.807) is 18.2 Å². The third-order valence-electron chi connectivity index (χ3n) is 4.37. The Bertz CT molecular complexity index is 974. The molecule has 0 saturated carbocycles. The second-order valence-electron chi connectivity index (χ2n) is 6.31. The Morgan fingerprint density at radius 2 is 1.93 bits per heavy atom. The van der Waals surface area contributed by atoms with Crippen molar-refractivity contribution in [2.45, 2.75) is 18.6 Å². The molecule has 3 aromatic rings. The number of nitrogens with zero attached hydrogens (tertiary/aromatic N) is 1. The molecule has 27 heavy (non-hydrogen) atoms. The van der Waals surface area contributed by atoms with Crippen LogP contribution in [0.3, 0.4) is 0 Å². The van der Waals surface area contributed by atoms with Crippen molar-refractivity contribution >= 4 is 17.0 Å². The van der Waals surface area contributed by atoms with Crippen LogP contribution in [0.15, 0.2) is 46.9 Å². The molecule has 8 heteroatoms. The summed E-state index contributed by atoms with van der Waals surface area (Å²) < 4.78 is 48.8. The highest BCUT2D eigenvalue weighted by molar-refractivity contribution is 5.97. The zero-order valence-corrected chi connectivity index (χ0v) is 14.0. The molecule has 1 aromatic heterocycles. The molecule has 0 radical (unpaired) electrons. The number of benzene rings is 2. The van der Waals surface area contributed by atoms with Gasteiger partial charge in [0.25, 0.3) is 5.91 Å². The van der Waals surface area contributed by atoms with E-state index in [1.165, 1.54) is 12.1 Å². The van der Waals surface area contributed by atoms with Gasteiger partial charge >= 0.3 is 6.18 Å². The minimum Gasteiger partial charge on any atom is -0.436 e. The first-order valence-corrected chi connectivity index (χ1v) is 8.37. The summed E-state index contributed by atoms with van der Waals surface area (Å²) in [6.45, 7) is 1.12. The van der Waals surface area contributed by atoms with E-state index in [0.29, 0.717) is 35.4 Å². The Morgan fingerprint density at radius 1 is 1.15 bits per heavy atom. The van der Waals surface area contributed by atoms with Gasteiger partial charge in [-0.1, -0.05) is 0 Å². The van der Waals surface area contributed by atoms with Crippen molar-refractivity contribution in [2.75, 3.05) is 13.2 Å². The van der Waals surface area contributed by atoms with E-state index < -0.39 is 11.7 Å². The van der Waals surface area contributed by atoms with E-state index in [2.05, 4.69) is 10.3 Å². The second-order valence-corrected chi connectivity index (χ2v) is 6.31. The summed E-state index contributed by atoms with van der Waals surface area (Å²) in [5.41, 5.74) is 1.03. The summed E-state index contributed by atoms with van der Waals surface area (Å²) in [5.74, 6) is -0.0352. The van der Waals surface area contributed by atoms with Gasteiger partial charge in [-0.05, 0) is 48.9 Å². The number of hydrogen-bond acceptors (Lipinski definition) is 4. The van der Waals surface area contributed by atoms with Gasteiger partial charge in [0.05, 0.1) is 18.2 Å². The fourth-order valence-electron chi connectivity index (χ4n) is 2.91. The number of aromatic nitrogens is 1. The number of ether oxygens (including phenoxy) is 1. The quantitative estimate of drug-likeness (QED) is 0.750. The van der Waals surface area contributed by atoms with Gasteiger partial charge < -0.3 is 14.5 Å². The number of hydrogen-bond donors (Lipinski definition) is 1. The lowest BCUT2D eigenvalue weighted by molar-refractivity contribution is -0.137. The van der Waals surface area contributed by atoms with Gasteiger partial charge in [-0.15, -0.1) is 0 Å². The summed E-state index contributed by atoms with van der Waals surface area (Å²) in [7, 11) is 0. The molecule has 1 aliphatic rings. The highest BCUT2D eigenvalue weighted by Crippen LogP contribution is 2.31. The number of oxazole rings is 1. The summed E-state index contributed by atoms with van der Waals surface area (Å²) in [6, 6.07) is 9.40. The molecule has 1 atom stereocenters. The van der Waals surface area contributed by atoms with Crippen LogP contribution in [0, 0.1) is 0 Å². The largest absolute Gasteiger partial charge is 0.436 e. The zero-order chi connectivity index (χ0) is 19.0. The van der Waals surface area contributed by atoms with E-state index in [9.17, 15) is 18.0 Å². The summed E-state index contributed by atoms with van der Waals surface area (Å²) in [6.07, 6.45) is -3.62. The lowest BCUT2D eigenvalue weighted by Crippen LogP contribution is -2.34. The number of fused-ring (bicyclic) bond motifs is 1. The average Bonchev–Trinajstić information content (AvgIpc) is 3.29. The van der Waals surface area contributed by atoms with Crippen molar-refractivity contribution in [3.63, 3.8) is 0 Å². The van der Waals surface area contributed by atoms with Crippen molar-refractivity contribution in [1.82, 2.24) is 10.3 Å². The van der Waals surface area contributed by atoms with Crippen LogP contribution in [-0.2, 0) is 10.9 Å². The standard InChI is InChI=1S/C19H15F3N2O3/c20-19(21,22)13-4-1-11(2-5-13)18-24-15-9-12(3-6-16(15)27-18)17(25)23-14-7-8-26-10-14/h1-6,9,14H,7-8,10H2,(H,23,25)/t14-/m1/s1. The Hall–Kier alpha value is -2.87. The molecular weight excluding hydrogens is 361 g/mol. The fourth-order valence-corrected chi connectivity index (χ4v) is 2.91. The molecule has 140 valence electrons. The first kappa shape index (κ1) is 17.5. The van der Waals surface area contributed by atoms with Crippen molar-refractivity contribution in [3.05, 3.63) is 53.6 Å². The Kier molecular flexibility index (Phi) is 4.35. The monoisotopic (exact) mass is 376 g/mol. The van der Waals surface area contributed by atoms with Crippen LogP contribution in [0.1, 0.15) is 22.3 Å². The van der Waals surface area contributed by atoms with E-state index >= 15 is 0 Å².